The predicted octanol–water partition coefficient (Wildman–Crippen LogP) is 3.25. The Morgan fingerprint density at radius 1 is 1.03 bits per heavy atom. The number of nitrogens with one attached hydrogen (secondary N) is 2. The molecule has 7 nitrogen and oxygen atoms in total. The zero-order valence-electron chi connectivity index (χ0n) is 18.8. The number of rotatable bonds is 7. The number of amides is 2. The number of benzene rings is 3. The Bertz CT molecular complexity index is 1190. The van der Waals surface area contributed by atoms with Gasteiger partial charge in [0.15, 0.2) is 6.04 Å². The summed E-state index contributed by atoms with van der Waals surface area (Å²) in [4.78, 5) is 25.8. The number of ether oxygens (including phenoxy) is 2. The van der Waals surface area contributed by atoms with Gasteiger partial charge in [0.25, 0.3) is 5.91 Å². The molecule has 1 saturated heterocycles. The van der Waals surface area contributed by atoms with E-state index in [1.54, 1.807) is 30.1 Å². The fourth-order valence-electron chi connectivity index (χ4n) is 3.78. The van der Waals surface area contributed by atoms with E-state index in [0.717, 1.165) is 16.9 Å². The van der Waals surface area contributed by atoms with E-state index in [4.69, 9.17) is 9.47 Å². The molecule has 1 aliphatic rings. The average molecular weight is 463 g/mol. The second kappa shape index (κ2) is 10.2. The minimum atomic E-state index is -0.884. The summed E-state index contributed by atoms with van der Waals surface area (Å²) in [6, 6.07) is 18.5. The number of carbonyl (C=O) groups is 2. The lowest BCUT2D eigenvalue weighted by atomic mass is 9.99. The first-order valence-corrected chi connectivity index (χ1v) is 10.9. The van der Waals surface area contributed by atoms with Crippen LogP contribution in [0.2, 0.25) is 0 Å². The Labute approximate surface area is 196 Å². The van der Waals surface area contributed by atoms with Gasteiger partial charge in [-0.3, -0.25) is 9.59 Å². The lowest BCUT2D eigenvalue weighted by Gasteiger charge is -2.15. The fourth-order valence-corrected chi connectivity index (χ4v) is 3.78. The van der Waals surface area contributed by atoms with Crippen LogP contribution in [0.1, 0.15) is 34.5 Å². The summed E-state index contributed by atoms with van der Waals surface area (Å²) in [7, 11) is 1.58. The van der Waals surface area contributed by atoms with E-state index in [1.165, 1.54) is 24.3 Å². The molecule has 1 fully saturated rings. The smallest absolute Gasteiger partial charge is 0.304 e. The summed E-state index contributed by atoms with van der Waals surface area (Å²) < 4.78 is 25.7. The number of hydrazine groups is 1. The third kappa shape index (κ3) is 5.06. The van der Waals surface area contributed by atoms with Crippen molar-refractivity contribution in [2.24, 2.45) is 0 Å². The fraction of sp³-hybridized carbons (Fsp3) is 0.192. The highest BCUT2D eigenvalue weighted by Gasteiger charge is 2.47. The van der Waals surface area contributed by atoms with E-state index in [2.05, 4.69) is 10.7 Å². The maximum Gasteiger partial charge on any atom is 0.304 e. The summed E-state index contributed by atoms with van der Waals surface area (Å²) in [6.07, 6.45) is 1.80. The Balaban J connectivity index is 1.67. The zero-order valence-corrected chi connectivity index (χ0v) is 18.8. The first-order chi connectivity index (χ1) is 16.5. The molecule has 2 N–H and O–H groups in total. The number of halogens is 1. The van der Waals surface area contributed by atoms with E-state index in [0.29, 0.717) is 12.4 Å². The van der Waals surface area contributed by atoms with Crippen molar-refractivity contribution >= 4 is 18.0 Å². The second-order valence-electron chi connectivity index (χ2n) is 7.69. The van der Waals surface area contributed by atoms with Gasteiger partial charge in [-0.15, -0.1) is 10.1 Å². The van der Waals surface area contributed by atoms with Crippen LogP contribution >= 0.6 is 0 Å². The zero-order chi connectivity index (χ0) is 24.1. The highest BCUT2D eigenvalue weighted by atomic mass is 19.1. The molecule has 2 atom stereocenters. The van der Waals surface area contributed by atoms with Gasteiger partial charge in [0.2, 0.25) is 12.3 Å². The molecule has 0 saturated carbocycles. The summed E-state index contributed by atoms with van der Waals surface area (Å²) in [5, 5.41) is 2.80. The monoisotopic (exact) mass is 462 g/mol. The highest BCUT2D eigenvalue weighted by molar-refractivity contribution is 5.98. The SMILES string of the molecule is CCOc1ccc(/C=[N+]2\NC(=O)[C@H](NC(=O)c3ccc(F)cc3)[C@@H]2c2ccc(OC)cc2)cc1. The number of nitrogens with zero attached hydrogens (tertiary/aromatic N) is 1. The van der Waals surface area contributed by atoms with Crippen molar-refractivity contribution in [1.29, 1.82) is 0 Å². The Morgan fingerprint density at radius 2 is 1.68 bits per heavy atom. The largest absolute Gasteiger partial charge is 0.497 e. The number of hydrogen-bond donors (Lipinski definition) is 2. The lowest BCUT2D eigenvalue weighted by molar-refractivity contribution is -0.596. The average Bonchev–Trinajstić information content (AvgIpc) is 3.15. The molecule has 0 radical (unpaired) electrons. The third-order valence-electron chi connectivity index (χ3n) is 5.47. The molecule has 0 aromatic heterocycles. The van der Waals surface area contributed by atoms with Crippen LogP contribution in [0.3, 0.4) is 0 Å². The van der Waals surface area contributed by atoms with Crippen LogP contribution in [-0.4, -0.2) is 42.5 Å². The van der Waals surface area contributed by atoms with Gasteiger partial charge in [-0.2, -0.15) is 0 Å². The van der Waals surface area contributed by atoms with Crippen LogP contribution < -0.4 is 20.2 Å². The van der Waals surface area contributed by atoms with Crippen LogP contribution in [0.15, 0.2) is 72.8 Å². The van der Waals surface area contributed by atoms with Crippen molar-refractivity contribution < 1.29 is 28.1 Å². The summed E-state index contributed by atoms with van der Waals surface area (Å²) in [5.74, 6) is 0.152. The van der Waals surface area contributed by atoms with E-state index >= 15 is 0 Å². The van der Waals surface area contributed by atoms with Crippen molar-refractivity contribution in [2.45, 2.75) is 19.0 Å². The van der Waals surface area contributed by atoms with E-state index in [9.17, 15) is 14.0 Å². The molecule has 0 unspecified atom stereocenters. The first-order valence-electron chi connectivity index (χ1n) is 10.9. The quantitative estimate of drug-likeness (QED) is 0.529. The molecule has 0 aliphatic carbocycles. The minimum absolute atomic E-state index is 0.261. The summed E-state index contributed by atoms with van der Waals surface area (Å²) in [5.41, 5.74) is 4.74. The Morgan fingerprint density at radius 3 is 2.29 bits per heavy atom. The minimum Gasteiger partial charge on any atom is -0.497 e. The number of hydrazone groups is 1. The van der Waals surface area contributed by atoms with Gasteiger partial charge in [0.1, 0.15) is 17.3 Å². The molecular formula is C26H25FN3O4+. The van der Waals surface area contributed by atoms with Crippen molar-refractivity contribution in [1.82, 2.24) is 10.7 Å². The molecular weight excluding hydrogens is 437 g/mol. The molecule has 2 amide bonds. The van der Waals surface area contributed by atoms with Crippen molar-refractivity contribution in [3.05, 3.63) is 95.3 Å². The Kier molecular flexibility index (Phi) is 6.87. The Hall–Kier alpha value is -4.20. The van der Waals surface area contributed by atoms with Gasteiger partial charge in [-0.1, -0.05) is 0 Å². The van der Waals surface area contributed by atoms with Crippen molar-refractivity contribution in [2.75, 3.05) is 13.7 Å². The molecule has 1 aliphatic heterocycles. The van der Waals surface area contributed by atoms with Gasteiger partial charge in [-0.25, -0.2) is 4.39 Å². The number of methoxy groups -OCH3 is 1. The van der Waals surface area contributed by atoms with E-state index in [-0.39, 0.29) is 11.5 Å². The molecule has 8 heteroatoms. The topological polar surface area (TPSA) is 79.7 Å². The molecule has 1 heterocycles. The van der Waals surface area contributed by atoms with E-state index in [1.807, 2.05) is 43.3 Å². The third-order valence-corrected chi connectivity index (χ3v) is 5.47. The molecule has 0 spiro atoms. The van der Waals surface area contributed by atoms with Crippen LogP contribution in [0.4, 0.5) is 4.39 Å². The van der Waals surface area contributed by atoms with Crippen molar-refractivity contribution in [3.8, 4) is 11.5 Å². The van der Waals surface area contributed by atoms with Gasteiger partial charge in [0, 0.05) is 16.7 Å². The van der Waals surface area contributed by atoms with Crippen LogP contribution in [-0.2, 0) is 4.79 Å². The maximum absolute atomic E-state index is 13.3. The van der Waals surface area contributed by atoms with Crippen LogP contribution in [0.5, 0.6) is 11.5 Å². The van der Waals surface area contributed by atoms with Crippen LogP contribution in [0, 0.1) is 5.82 Å². The van der Waals surface area contributed by atoms with Crippen molar-refractivity contribution in [3.63, 3.8) is 0 Å². The summed E-state index contributed by atoms with van der Waals surface area (Å²) in [6.45, 7) is 2.49. The molecule has 174 valence electrons. The predicted molar refractivity (Wildman–Crippen MR) is 125 cm³/mol. The molecule has 0 bridgehead atoms. The number of hydrogen-bond acceptors (Lipinski definition) is 4. The molecule has 3 aromatic rings. The maximum atomic E-state index is 13.3. The number of carbonyl (C=O) groups excluding carboxylic acids is 2. The first kappa shape index (κ1) is 23.0. The van der Waals surface area contributed by atoms with Gasteiger partial charge in [-0.05, 0) is 79.7 Å². The van der Waals surface area contributed by atoms with Gasteiger partial charge >= 0.3 is 5.91 Å². The van der Waals surface area contributed by atoms with Gasteiger partial charge in [0.05, 0.1) is 13.7 Å². The molecule has 3 aromatic carbocycles. The molecule has 34 heavy (non-hydrogen) atoms. The summed E-state index contributed by atoms with van der Waals surface area (Å²) >= 11 is 0. The normalized spacial score (nSPS) is 18.4. The van der Waals surface area contributed by atoms with E-state index < -0.39 is 23.8 Å². The standard InChI is InChI=1S/C26H24FN3O4/c1-3-34-22-12-4-17(5-13-22)16-30-24(18-8-14-21(33-2)15-9-18)23(26(32)29-30)28-25(31)19-6-10-20(27)11-7-19/h4-16,23-24H,3H2,1-2H3,(H-,28,29,31,32)/p+1/b30-16-/t23-,24+/m1/s1. The highest BCUT2D eigenvalue weighted by Crippen LogP contribution is 2.27. The molecule has 4 rings (SSSR count). The lowest BCUT2D eigenvalue weighted by Crippen LogP contribution is -2.42. The second-order valence-corrected chi connectivity index (χ2v) is 7.69. The van der Waals surface area contributed by atoms with Gasteiger partial charge < -0.3 is 14.8 Å². The van der Waals surface area contributed by atoms with Crippen LogP contribution in [0.25, 0.3) is 0 Å².